The maximum absolute atomic E-state index is 12.7. The molecule has 1 aliphatic heterocycles. The molecular formula is C21H29F3N6. The monoisotopic (exact) mass is 422 g/mol. The summed E-state index contributed by atoms with van der Waals surface area (Å²) >= 11 is 0. The Morgan fingerprint density at radius 2 is 1.90 bits per heavy atom. The van der Waals surface area contributed by atoms with Gasteiger partial charge in [-0.15, -0.1) is 10.2 Å². The van der Waals surface area contributed by atoms with E-state index in [0.717, 1.165) is 61.7 Å². The van der Waals surface area contributed by atoms with Crippen LogP contribution in [0.25, 0.3) is 0 Å². The van der Waals surface area contributed by atoms with Crippen LogP contribution in [0, 0.1) is 0 Å². The van der Waals surface area contributed by atoms with Crippen molar-refractivity contribution < 1.29 is 13.2 Å². The minimum absolute atomic E-state index is 0.311. The fraction of sp³-hybridized carbons (Fsp3) is 0.571. The lowest BCUT2D eigenvalue weighted by atomic mass is 10.1. The summed E-state index contributed by atoms with van der Waals surface area (Å²) in [6.07, 6.45) is 2.03. The molecule has 164 valence electrons. The van der Waals surface area contributed by atoms with Crippen molar-refractivity contribution in [1.29, 1.82) is 0 Å². The first-order valence-electron chi connectivity index (χ1n) is 10.6. The van der Waals surface area contributed by atoms with Crippen molar-refractivity contribution in [1.82, 2.24) is 25.4 Å². The summed E-state index contributed by atoms with van der Waals surface area (Å²) in [7, 11) is 0. The molecule has 3 rings (SSSR count). The highest BCUT2D eigenvalue weighted by Gasteiger charge is 2.29. The number of guanidine groups is 1. The van der Waals surface area contributed by atoms with Crippen molar-refractivity contribution in [2.75, 3.05) is 13.1 Å². The third kappa shape index (κ3) is 6.21. The number of aliphatic imine (C=N–C) groups is 1. The number of nitrogens with zero attached hydrogens (tertiary/aromatic N) is 4. The van der Waals surface area contributed by atoms with Crippen LogP contribution in [0.2, 0.25) is 0 Å². The van der Waals surface area contributed by atoms with Gasteiger partial charge in [-0.3, -0.25) is 0 Å². The highest BCUT2D eigenvalue weighted by Crippen LogP contribution is 2.29. The van der Waals surface area contributed by atoms with E-state index in [-0.39, 0.29) is 0 Å². The van der Waals surface area contributed by atoms with Gasteiger partial charge in [-0.25, -0.2) is 4.99 Å². The lowest BCUT2D eigenvalue weighted by molar-refractivity contribution is -0.137. The van der Waals surface area contributed by atoms with Crippen LogP contribution < -0.4 is 10.6 Å². The van der Waals surface area contributed by atoms with Gasteiger partial charge < -0.3 is 15.2 Å². The van der Waals surface area contributed by atoms with Crippen molar-refractivity contribution in [3.63, 3.8) is 0 Å². The van der Waals surface area contributed by atoms with Crippen molar-refractivity contribution in [2.45, 2.75) is 64.7 Å². The maximum atomic E-state index is 12.7. The van der Waals surface area contributed by atoms with E-state index in [4.69, 9.17) is 0 Å². The summed E-state index contributed by atoms with van der Waals surface area (Å²) in [6, 6.07) is 5.11. The Kier molecular flexibility index (Phi) is 7.70. The molecule has 0 saturated heterocycles. The first-order valence-corrected chi connectivity index (χ1v) is 10.6. The van der Waals surface area contributed by atoms with Gasteiger partial charge in [0.2, 0.25) is 0 Å². The number of benzene rings is 1. The van der Waals surface area contributed by atoms with E-state index < -0.39 is 11.7 Å². The topological polar surface area (TPSA) is 67.1 Å². The molecule has 0 unspecified atom stereocenters. The number of hydrogen-bond donors (Lipinski definition) is 2. The van der Waals surface area contributed by atoms with Crippen LogP contribution in [-0.2, 0) is 32.1 Å². The molecule has 0 saturated carbocycles. The van der Waals surface area contributed by atoms with E-state index in [0.29, 0.717) is 19.0 Å². The largest absolute Gasteiger partial charge is 0.416 e. The molecule has 0 bridgehead atoms. The van der Waals surface area contributed by atoms with Gasteiger partial charge in [-0.1, -0.05) is 18.6 Å². The summed E-state index contributed by atoms with van der Waals surface area (Å²) in [6.45, 7) is 4.71. The SMILES string of the molecule is CCNC(=NCc1ccc(C(F)(F)F)cc1)NCCCc1nnc2n1CCCCC2. The van der Waals surface area contributed by atoms with Crippen LogP contribution in [-0.4, -0.2) is 33.8 Å². The van der Waals surface area contributed by atoms with Gasteiger partial charge in [-0.05, 0) is 43.9 Å². The molecule has 1 aromatic heterocycles. The summed E-state index contributed by atoms with van der Waals surface area (Å²) in [5, 5.41) is 15.1. The number of fused-ring (bicyclic) bond motifs is 1. The second kappa shape index (κ2) is 10.4. The zero-order chi connectivity index (χ0) is 21.4. The number of nitrogens with one attached hydrogen (secondary N) is 2. The fourth-order valence-corrected chi connectivity index (χ4v) is 3.49. The lowest BCUT2D eigenvalue weighted by Gasteiger charge is -2.12. The Balaban J connectivity index is 1.49. The average Bonchev–Trinajstić information content (AvgIpc) is 2.94. The van der Waals surface area contributed by atoms with Gasteiger partial charge in [0.25, 0.3) is 0 Å². The minimum Gasteiger partial charge on any atom is -0.357 e. The molecule has 2 heterocycles. The van der Waals surface area contributed by atoms with E-state index >= 15 is 0 Å². The molecule has 6 nitrogen and oxygen atoms in total. The maximum Gasteiger partial charge on any atom is 0.416 e. The lowest BCUT2D eigenvalue weighted by Crippen LogP contribution is -2.37. The predicted molar refractivity (Wildman–Crippen MR) is 110 cm³/mol. The normalized spacial score (nSPS) is 14.9. The van der Waals surface area contributed by atoms with Crippen molar-refractivity contribution in [3.05, 3.63) is 47.0 Å². The second-order valence-electron chi connectivity index (χ2n) is 7.41. The van der Waals surface area contributed by atoms with Gasteiger partial charge in [-0.2, -0.15) is 13.2 Å². The third-order valence-corrected chi connectivity index (χ3v) is 5.10. The van der Waals surface area contributed by atoms with E-state index in [9.17, 15) is 13.2 Å². The molecule has 2 N–H and O–H groups in total. The molecule has 1 aromatic carbocycles. The molecule has 9 heteroatoms. The number of aryl methyl sites for hydroxylation is 2. The quantitative estimate of drug-likeness (QED) is 0.406. The summed E-state index contributed by atoms with van der Waals surface area (Å²) in [5.74, 6) is 2.79. The summed E-state index contributed by atoms with van der Waals surface area (Å²) in [4.78, 5) is 4.47. The van der Waals surface area contributed by atoms with E-state index in [1.54, 1.807) is 0 Å². The number of hydrogen-bond acceptors (Lipinski definition) is 3. The smallest absolute Gasteiger partial charge is 0.357 e. The van der Waals surface area contributed by atoms with Crippen LogP contribution in [0.3, 0.4) is 0 Å². The molecule has 0 fully saturated rings. The standard InChI is InChI=1S/C21H29F3N6/c1-2-25-20(27-15-16-9-11-17(12-10-16)21(22,23)24)26-13-6-8-19-29-28-18-7-4-3-5-14-30(18)19/h9-12H,2-8,13-15H2,1H3,(H2,25,26,27). The Morgan fingerprint density at radius 1 is 1.10 bits per heavy atom. The highest BCUT2D eigenvalue weighted by atomic mass is 19.4. The molecular weight excluding hydrogens is 393 g/mol. The van der Waals surface area contributed by atoms with E-state index in [2.05, 4.69) is 30.4 Å². The highest BCUT2D eigenvalue weighted by molar-refractivity contribution is 5.79. The van der Waals surface area contributed by atoms with Gasteiger partial charge in [0.1, 0.15) is 11.6 Å². The first-order chi connectivity index (χ1) is 14.5. The predicted octanol–water partition coefficient (Wildman–Crippen LogP) is 3.71. The Hall–Kier alpha value is -2.58. The summed E-state index contributed by atoms with van der Waals surface area (Å²) in [5.41, 5.74) is 0.0815. The van der Waals surface area contributed by atoms with Crippen LogP contribution in [0.4, 0.5) is 13.2 Å². The molecule has 0 spiro atoms. The molecule has 0 aliphatic carbocycles. The Morgan fingerprint density at radius 3 is 2.63 bits per heavy atom. The van der Waals surface area contributed by atoms with Crippen LogP contribution in [0.5, 0.6) is 0 Å². The van der Waals surface area contributed by atoms with Gasteiger partial charge in [0.05, 0.1) is 12.1 Å². The number of rotatable bonds is 7. The molecule has 2 aromatic rings. The molecule has 1 aliphatic rings. The Bertz CT molecular complexity index is 826. The Labute approximate surface area is 175 Å². The third-order valence-electron chi connectivity index (χ3n) is 5.10. The zero-order valence-corrected chi connectivity index (χ0v) is 17.3. The fourth-order valence-electron chi connectivity index (χ4n) is 3.49. The second-order valence-corrected chi connectivity index (χ2v) is 7.41. The molecule has 0 radical (unpaired) electrons. The number of alkyl halides is 3. The minimum atomic E-state index is -4.32. The van der Waals surface area contributed by atoms with Gasteiger partial charge in [0, 0.05) is 32.5 Å². The van der Waals surface area contributed by atoms with Gasteiger partial charge >= 0.3 is 6.18 Å². The zero-order valence-electron chi connectivity index (χ0n) is 17.3. The molecule has 0 amide bonds. The van der Waals surface area contributed by atoms with Crippen LogP contribution >= 0.6 is 0 Å². The number of aromatic nitrogens is 3. The van der Waals surface area contributed by atoms with E-state index in [1.165, 1.54) is 31.4 Å². The molecule has 0 atom stereocenters. The van der Waals surface area contributed by atoms with E-state index in [1.807, 2.05) is 6.92 Å². The van der Waals surface area contributed by atoms with Crippen LogP contribution in [0.1, 0.15) is 55.4 Å². The van der Waals surface area contributed by atoms with Crippen molar-refractivity contribution >= 4 is 5.96 Å². The number of halogens is 3. The van der Waals surface area contributed by atoms with Gasteiger partial charge in [0.15, 0.2) is 5.96 Å². The first kappa shape index (κ1) is 22.1. The van der Waals surface area contributed by atoms with Crippen molar-refractivity contribution in [2.24, 2.45) is 4.99 Å². The average molecular weight is 422 g/mol. The van der Waals surface area contributed by atoms with Crippen molar-refractivity contribution in [3.8, 4) is 0 Å². The molecule has 30 heavy (non-hydrogen) atoms. The van der Waals surface area contributed by atoms with Crippen LogP contribution in [0.15, 0.2) is 29.3 Å². The summed E-state index contributed by atoms with van der Waals surface area (Å²) < 4.78 is 40.3.